The summed E-state index contributed by atoms with van der Waals surface area (Å²) in [4.78, 5) is 17.5. The molecule has 3 aromatic heterocycles. The van der Waals surface area contributed by atoms with Crippen LogP contribution >= 0.6 is 23.5 Å². The van der Waals surface area contributed by atoms with Crippen LogP contribution in [0.15, 0.2) is 66.2 Å². The van der Waals surface area contributed by atoms with Gasteiger partial charge in [-0.2, -0.15) is 11.8 Å². The Hall–Kier alpha value is -2.78. The summed E-state index contributed by atoms with van der Waals surface area (Å²) in [6.07, 6.45) is 10.4. The SMILES string of the molecule is CSCCC(NC(=O)c1cccc(-n2ccnc2SC)c1)c1nnc2ccccn12. The smallest absolute Gasteiger partial charge is 0.251 e. The van der Waals surface area contributed by atoms with Crippen molar-refractivity contribution in [3.63, 3.8) is 0 Å². The van der Waals surface area contributed by atoms with Gasteiger partial charge in [0.1, 0.15) is 0 Å². The summed E-state index contributed by atoms with van der Waals surface area (Å²) < 4.78 is 3.90. The molecule has 0 radical (unpaired) electrons. The van der Waals surface area contributed by atoms with E-state index in [0.29, 0.717) is 5.56 Å². The number of benzene rings is 1. The van der Waals surface area contributed by atoms with Crippen molar-refractivity contribution in [2.75, 3.05) is 18.3 Å². The Balaban J connectivity index is 1.61. The van der Waals surface area contributed by atoms with Gasteiger partial charge in [0.15, 0.2) is 16.6 Å². The van der Waals surface area contributed by atoms with Crippen molar-refractivity contribution in [1.82, 2.24) is 29.5 Å². The Morgan fingerprint density at radius 1 is 1.13 bits per heavy atom. The first kappa shape index (κ1) is 20.5. The zero-order chi connectivity index (χ0) is 20.9. The minimum Gasteiger partial charge on any atom is -0.342 e. The average molecular weight is 439 g/mol. The average Bonchev–Trinajstić information content (AvgIpc) is 3.43. The van der Waals surface area contributed by atoms with Gasteiger partial charge in [0.25, 0.3) is 5.91 Å². The van der Waals surface area contributed by atoms with Crippen LogP contribution in [-0.2, 0) is 0 Å². The molecule has 1 atom stereocenters. The van der Waals surface area contributed by atoms with Crippen molar-refractivity contribution >= 4 is 35.1 Å². The minimum absolute atomic E-state index is 0.138. The van der Waals surface area contributed by atoms with Crippen LogP contribution in [0.25, 0.3) is 11.3 Å². The third-order valence-electron chi connectivity index (χ3n) is 4.74. The van der Waals surface area contributed by atoms with E-state index in [1.54, 1.807) is 29.7 Å². The molecule has 1 unspecified atom stereocenters. The van der Waals surface area contributed by atoms with Gasteiger partial charge in [-0.05, 0) is 55.0 Å². The number of hydrogen-bond donors (Lipinski definition) is 1. The van der Waals surface area contributed by atoms with Crippen LogP contribution in [0.5, 0.6) is 0 Å². The molecular formula is C21H22N6OS2. The van der Waals surface area contributed by atoms with Gasteiger partial charge < -0.3 is 5.32 Å². The topological polar surface area (TPSA) is 77.1 Å². The van der Waals surface area contributed by atoms with Crippen LogP contribution in [0.2, 0.25) is 0 Å². The van der Waals surface area contributed by atoms with Crippen molar-refractivity contribution in [2.24, 2.45) is 0 Å². The van der Waals surface area contributed by atoms with E-state index >= 15 is 0 Å². The Labute approximate surface area is 183 Å². The maximum Gasteiger partial charge on any atom is 0.251 e. The highest BCUT2D eigenvalue weighted by molar-refractivity contribution is 7.98. The molecule has 7 nitrogen and oxygen atoms in total. The van der Waals surface area contributed by atoms with E-state index in [-0.39, 0.29) is 11.9 Å². The summed E-state index contributed by atoms with van der Waals surface area (Å²) in [5.41, 5.74) is 2.26. The predicted octanol–water partition coefficient (Wildman–Crippen LogP) is 3.86. The molecule has 0 saturated carbocycles. The second-order valence-corrected chi connectivity index (χ2v) is 8.39. The van der Waals surface area contributed by atoms with Crippen molar-refractivity contribution in [2.45, 2.75) is 17.6 Å². The molecule has 1 aromatic carbocycles. The fourth-order valence-electron chi connectivity index (χ4n) is 3.27. The second-order valence-electron chi connectivity index (χ2n) is 6.63. The van der Waals surface area contributed by atoms with Crippen molar-refractivity contribution in [1.29, 1.82) is 0 Å². The Bertz CT molecular complexity index is 1160. The van der Waals surface area contributed by atoms with Gasteiger partial charge >= 0.3 is 0 Å². The number of amides is 1. The number of carbonyl (C=O) groups is 1. The van der Waals surface area contributed by atoms with Crippen LogP contribution in [0.1, 0.15) is 28.6 Å². The zero-order valence-electron chi connectivity index (χ0n) is 16.7. The van der Waals surface area contributed by atoms with Crippen LogP contribution in [-0.4, -0.2) is 48.3 Å². The fourth-order valence-corrected chi connectivity index (χ4v) is 4.28. The lowest BCUT2D eigenvalue weighted by Crippen LogP contribution is -2.30. The van der Waals surface area contributed by atoms with Crippen molar-refractivity contribution in [3.05, 3.63) is 72.4 Å². The molecule has 1 amide bonds. The highest BCUT2D eigenvalue weighted by Gasteiger charge is 2.21. The minimum atomic E-state index is -0.235. The molecule has 30 heavy (non-hydrogen) atoms. The second kappa shape index (κ2) is 9.36. The van der Waals surface area contributed by atoms with Gasteiger partial charge in [-0.1, -0.05) is 23.9 Å². The van der Waals surface area contributed by atoms with Crippen LogP contribution in [0.4, 0.5) is 0 Å². The molecule has 9 heteroatoms. The summed E-state index contributed by atoms with van der Waals surface area (Å²) in [7, 11) is 0. The molecule has 0 aliphatic carbocycles. The summed E-state index contributed by atoms with van der Waals surface area (Å²) in [6.45, 7) is 0. The molecule has 0 aliphatic heterocycles. The number of thioether (sulfide) groups is 2. The number of nitrogens with one attached hydrogen (secondary N) is 1. The molecule has 0 spiro atoms. The largest absolute Gasteiger partial charge is 0.342 e. The lowest BCUT2D eigenvalue weighted by atomic mass is 10.1. The maximum absolute atomic E-state index is 13.1. The first-order chi connectivity index (χ1) is 14.7. The molecule has 1 N–H and O–H groups in total. The van der Waals surface area contributed by atoms with Gasteiger partial charge in [-0.15, -0.1) is 10.2 Å². The lowest BCUT2D eigenvalue weighted by Gasteiger charge is -2.17. The maximum atomic E-state index is 13.1. The Morgan fingerprint density at radius 2 is 2.03 bits per heavy atom. The van der Waals surface area contributed by atoms with Gasteiger partial charge in [-0.3, -0.25) is 13.8 Å². The number of nitrogens with zero attached hydrogens (tertiary/aromatic N) is 5. The molecule has 0 aliphatic rings. The predicted molar refractivity (Wildman–Crippen MR) is 122 cm³/mol. The number of rotatable bonds is 8. The quantitative estimate of drug-likeness (QED) is 0.421. The number of hydrogen-bond acceptors (Lipinski definition) is 6. The van der Waals surface area contributed by atoms with Gasteiger partial charge in [0.05, 0.1) is 6.04 Å². The normalized spacial score (nSPS) is 12.2. The molecule has 3 heterocycles. The number of fused-ring (bicyclic) bond motifs is 1. The Morgan fingerprint density at radius 3 is 2.87 bits per heavy atom. The van der Waals surface area contributed by atoms with Crippen molar-refractivity contribution in [3.8, 4) is 5.69 Å². The third kappa shape index (κ3) is 4.22. The van der Waals surface area contributed by atoms with Crippen molar-refractivity contribution < 1.29 is 4.79 Å². The highest BCUT2D eigenvalue weighted by Crippen LogP contribution is 2.21. The highest BCUT2D eigenvalue weighted by atomic mass is 32.2. The Kier molecular flexibility index (Phi) is 6.39. The van der Waals surface area contributed by atoms with E-state index in [4.69, 9.17) is 0 Å². The summed E-state index contributed by atoms with van der Waals surface area (Å²) in [5.74, 6) is 1.50. The third-order valence-corrected chi connectivity index (χ3v) is 6.05. The number of carbonyl (C=O) groups excluding carboxylic acids is 1. The lowest BCUT2D eigenvalue weighted by molar-refractivity contribution is 0.0933. The fraction of sp³-hybridized carbons (Fsp3) is 0.238. The molecule has 4 rings (SSSR count). The van der Waals surface area contributed by atoms with Crippen LogP contribution in [0, 0.1) is 0 Å². The summed E-state index contributed by atoms with van der Waals surface area (Å²) in [5, 5.41) is 12.6. The van der Waals surface area contributed by atoms with E-state index in [2.05, 4.69) is 26.8 Å². The van der Waals surface area contributed by atoms with E-state index in [1.165, 1.54) is 0 Å². The molecule has 4 aromatic rings. The van der Waals surface area contributed by atoms with E-state index in [9.17, 15) is 4.79 Å². The monoisotopic (exact) mass is 438 g/mol. The van der Waals surface area contributed by atoms with E-state index < -0.39 is 0 Å². The van der Waals surface area contributed by atoms with Gasteiger partial charge in [0, 0.05) is 29.8 Å². The molecular weight excluding hydrogens is 416 g/mol. The molecule has 0 fully saturated rings. The van der Waals surface area contributed by atoms with Gasteiger partial charge in [-0.25, -0.2) is 4.98 Å². The standard InChI is InChI=1S/C21H22N6OS2/c1-29-13-9-17(19-25-24-18-8-3-4-11-27(18)19)23-20(28)15-6-5-7-16(14-15)26-12-10-22-21(26)30-2/h3-8,10-12,14,17H,9,13H2,1-2H3,(H,23,28). The number of pyridine rings is 1. The summed E-state index contributed by atoms with van der Waals surface area (Å²) >= 11 is 3.30. The molecule has 154 valence electrons. The van der Waals surface area contributed by atoms with Gasteiger partial charge in [0.2, 0.25) is 0 Å². The van der Waals surface area contributed by atoms with E-state index in [1.807, 2.05) is 70.1 Å². The first-order valence-corrected chi connectivity index (χ1v) is 12.1. The summed E-state index contributed by atoms with van der Waals surface area (Å²) in [6, 6.07) is 13.1. The first-order valence-electron chi connectivity index (χ1n) is 9.48. The molecule has 0 saturated heterocycles. The number of imidazole rings is 1. The zero-order valence-corrected chi connectivity index (χ0v) is 18.4. The number of aromatic nitrogens is 5. The van der Waals surface area contributed by atoms with Crippen LogP contribution < -0.4 is 5.32 Å². The van der Waals surface area contributed by atoms with E-state index in [0.717, 1.165) is 34.5 Å². The van der Waals surface area contributed by atoms with Crippen LogP contribution in [0.3, 0.4) is 0 Å². The molecule has 0 bridgehead atoms.